The molecule has 2 aromatic heterocycles. The molecular weight excluding hydrogens is 390 g/mol. The van der Waals surface area contributed by atoms with Crippen molar-refractivity contribution in [2.75, 3.05) is 34.4 Å². The molecule has 1 aliphatic heterocycles. The third-order valence-electron chi connectivity index (χ3n) is 4.83. The molecule has 0 atom stereocenters. The highest BCUT2D eigenvalue weighted by molar-refractivity contribution is 5.92. The molecule has 9 nitrogen and oxygen atoms in total. The van der Waals surface area contributed by atoms with Crippen molar-refractivity contribution in [1.29, 1.82) is 0 Å². The van der Waals surface area contributed by atoms with E-state index in [4.69, 9.17) is 23.2 Å². The van der Waals surface area contributed by atoms with Gasteiger partial charge in [0.25, 0.3) is 0 Å². The zero-order valence-electron chi connectivity index (χ0n) is 16.8. The number of ether oxygens (including phenoxy) is 3. The summed E-state index contributed by atoms with van der Waals surface area (Å²) in [5, 5.41) is 3.92. The van der Waals surface area contributed by atoms with Crippen molar-refractivity contribution in [3.05, 3.63) is 48.1 Å². The number of methoxy groups -OCH3 is 3. The van der Waals surface area contributed by atoms with Crippen LogP contribution in [0, 0.1) is 0 Å². The molecule has 1 aromatic carbocycles. The van der Waals surface area contributed by atoms with Gasteiger partial charge in [-0.15, -0.1) is 0 Å². The fraction of sp³-hybridized carbons (Fsp3) is 0.286. The summed E-state index contributed by atoms with van der Waals surface area (Å²) < 4.78 is 26.5. The van der Waals surface area contributed by atoms with Gasteiger partial charge in [-0.3, -0.25) is 4.79 Å². The van der Waals surface area contributed by atoms with E-state index in [1.807, 2.05) is 0 Å². The molecule has 1 saturated heterocycles. The fourth-order valence-corrected chi connectivity index (χ4v) is 3.19. The number of rotatable bonds is 7. The SMILES string of the molecule is COc1cc(/C=C/C(=O)N2CC(c3nc(-c4ccco4)no3)C2)cc(OC)c1OC. The van der Waals surface area contributed by atoms with Crippen molar-refractivity contribution >= 4 is 12.0 Å². The average Bonchev–Trinajstić information content (AvgIpc) is 3.42. The van der Waals surface area contributed by atoms with Crippen molar-refractivity contribution in [1.82, 2.24) is 15.0 Å². The maximum Gasteiger partial charge on any atom is 0.246 e. The van der Waals surface area contributed by atoms with Gasteiger partial charge in [0.05, 0.1) is 33.5 Å². The number of carbonyl (C=O) groups is 1. The van der Waals surface area contributed by atoms with Crippen LogP contribution in [-0.4, -0.2) is 55.4 Å². The van der Waals surface area contributed by atoms with Gasteiger partial charge < -0.3 is 28.1 Å². The van der Waals surface area contributed by atoms with E-state index in [9.17, 15) is 4.79 Å². The smallest absolute Gasteiger partial charge is 0.246 e. The summed E-state index contributed by atoms with van der Waals surface area (Å²) in [5.74, 6) is 2.91. The number of hydrogen-bond acceptors (Lipinski definition) is 8. The van der Waals surface area contributed by atoms with Gasteiger partial charge in [0.1, 0.15) is 0 Å². The zero-order valence-corrected chi connectivity index (χ0v) is 16.8. The molecule has 0 aliphatic carbocycles. The topological polar surface area (TPSA) is 100 Å². The van der Waals surface area contributed by atoms with Crippen LogP contribution in [0.3, 0.4) is 0 Å². The number of benzene rings is 1. The number of nitrogens with zero attached hydrogens (tertiary/aromatic N) is 3. The van der Waals surface area contributed by atoms with Crippen molar-refractivity contribution < 1.29 is 27.9 Å². The molecule has 0 N–H and O–H groups in total. The molecule has 1 amide bonds. The lowest BCUT2D eigenvalue weighted by Crippen LogP contribution is -2.47. The molecular formula is C21H21N3O6. The van der Waals surface area contributed by atoms with Gasteiger partial charge in [0.15, 0.2) is 17.3 Å². The van der Waals surface area contributed by atoms with Gasteiger partial charge in [-0.1, -0.05) is 5.16 Å². The average molecular weight is 411 g/mol. The summed E-state index contributed by atoms with van der Waals surface area (Å²) in [6.07, 6.45) is 4.77. The lowest BCUT2D eigenvalue weighted by atomic mass is 10.00. The predicted octanol–water partition coefficient (Wildman–Crippen LogP) is 2.99. The number of hydrogen-bond donors (Lipinski definition) is 0. The summed E-state index contributed by atoms with van der Waals surface area (Å²) in [7, 11) is 4.64. The molecule has 4 rings (SSSR count). The predicted molar refractivity (Wildman–Crippen MR) is 106 cm³/mol. The third kappa shape index (κ3) is 3.73. The van der Waals surface area contributed by atoms with Gasteiger partial charge in [-0.2, -0.15) is 4.98 Å². The molecule has 1 aliphatic rings. The zero-order chi connectivity index (χ0) is 21.1. The molecule has 0 unspecified atom stereocenters. The van der Waals surface area contributed by atoms with E-state index in [0.29, 0.717) is 47.8 Å². The minimum atomic E-state index is -0.106. The first-order valence-electron chi connectivity index (χ1n) is 9.27. The van der Waals surface area contributed by atoms with E-state index < -0.39 is 0 Å². The highest BCUT2D eigenvalue weighted by Gasteiger charge is 2.35. The molecule has 156 valence electrons. The Morgan fingerprint density at radius 2 is 1.90 bits per heavy atom. The second-order valence-corrected chi connectivity index (χ2v) is 6.67. The van der Waals surface area contributed by atoms with E-state index in [1.54, 1.807) is 62.8 Å². The van der Waals surface area contributed by atoms with Gasteiger partial charge in [-0.25, -0.2) is 0 Å². The van der Waals surface area contributed by atoms with Crippen LogP contribution in [0.2, 0.25) is 0 Å². The summed E-state index contributed by atoms with van der Waals surface area (Å²) in [5.41, 5.74) is 0.759. The molecule has 0 spiro atoms. The summed E-state index contributed by atoms with van der Waals surface area (Å²) in [6.45, 7) is 1.02. The highest BCUT2D eigenvalue weighted by Crippen LogP contribution is 2.38. The molecule has 0 saturated carbocycles. The highest BCUT2D eigenvalue weighted by atomic mass is 16.5. The fourth-order valence-electron chi connectivity index (χ4n) is 3.19. The van der Waals surface area contributed by atoms with Crippen LogP contribution in [0.1, 0.15) is 17.4 Å². The Bertz CT molecular complexity index is 1030. The molecule has 1 fully saturated rings. The first-order valence-corrected chi connectivity index (χ1v) is 9.27. The Kier molecular flexibility index (Phi) is 5.42. The van der Waals surface area contributed by atoms with Crippen LogP contribution >= 0.6 is 0 Å². The first-order chi connectivity index (χ1) is 14.6. The van der Waals surface area contributed by atoms with E-state index in [-0.39, 0.29) is 11.8 Å². The second-order valence-electron chi connectivity index (χ2n) is 6.67. The largest absolute Gasteiger partial charge is 0.493 e. The summed E-state index contributed by atoms with van der Waals surface area (Å²) >= 11 is 0. The van der Waals surface area contributed by atoms with Crippen molar-refractivity contribution in [3.63, 3.8) is 0 Å². The number of furan rings is 1. The minimum absolute atomic E-state index is 0.0136. The van der Waals surface area contributed by atoms with E-state index in [0.717, 1.165) is 5.56 Å². The van der Waals surface area contributed by atoms with Crippen LogP contribution in [-0.2, 0) is 4.79 Å². The number of likely N-dealkylation sites (tertiary alicyclic amines) is 1. The van der Waals surface area contributed by atoms with Crippen LogP contribution < -0.4 is 14.2 Å². The van der Waals surface area contributed by atoms with Gasteiger partial charge >= 0.3 is 0 Å². The standard InChI is InChI=1S/C21H21N3O6/c1-26-16-9-13(10-17(27-2)19(16)28-3)6-7-18(25)24-11-14(12-24)21-22-20(23-30-21)15-5-4-8-29-15/h4-10,14H,11-12H2,1-3H3/b7-6+. The number of aromatic nitrogens is 2. The van der Waals surface area contributed by atoms with Gasteiger partial charge in [0.2, 0.25) is 23.4 Å². The molecule has 3 heterocycles. The van der Waals surface area contributed by atoms with Gasteiger partial charge in [0, 0.05) is 19.2 Å². The molecule has 30 heavy (non-hydrogen) atoms. The van der Waals surface area contributed by atoms with Crippen LogP contribution in [0.15, 0.2) is 45.5 Å². The quantitative estimate of drug-likeness (QED) is 0.547. The molecule has 9 heteroatoms. The molecule has 0 bridgehead atoms. The van der Waals surface area contributed by atoms with E-state index in [1.165, 1.54) is 6.08 Å². The molecule has 3 aromatic rings. The van der Waals surface area contributed by atoms with Crippen molar-refractivity contribution in [2.24, 2.45) is 0 Å². The van der Waals surface area contributed by atoms with E-state index >= 15 is 0 Å². The Morgan fingerprint density at radius 1 is 1.17 bits per heavy atom. The van der Waals surface area contributed by atoms with Crippen LogP contribution in [0.5, 0.6) is 17.2 Å². The first kappa shape index (κ1) is 19.6. The van der Waals surface area contributed by atoms with Crippen LogP contribution in [0.25, 0.3) is 17.7 Å². The Morgan fingerprint density at radius 3 is 2.50 bits per heavy atom. The maximum absolute atomic E-state index is 12.5. The second kappa shape index (κ2) is 8.32. The van der Waals surface area contributed by atoms with Crippen molar-refractivity contribution in [2.45, 2.75) is 5.92 Å². The Hall–Kier alpha value is -3.75. The van der Waals surface area contributed by atoms with Crippen LogP contribution in [0.4, 0.5) is 0 Å². The number of carbonyl (C=O) groups excluding carboxylic acids is 1. The Balaban J connectivity index is 1.38. The summed E-state index contributed by atoms with van der Waals surface area (Å²) in [6, 6.07) is 7.08. The normalized spacial score (nSPS) is 14.0. The van der Waals surface area contributed by atoms with E-state index in [2.05, 4.69) is 10.1 Å². The van der Waals surface area contributed by atoms with Crippen molar-refractivity contribution in [3.8, 4) is 28.8 Å². The Labute approximate surface area is 172 Å². The molecule has 0 radical (unpaired) electrons. The maximum atomic E-state index is 12.5. The summed E-state index contributed by atoms with van der Waals surface area (Å²) in [4.78, 5) is 18.5. The minimum Gasteiger partial charge on any atom is -0.493 e. The lowest BCUT2D eigenvalue weighted by Gasteiger charge is -2.36. The monoisotopic (exact) mass is 411 g/mol. The third-order valence-corrected chi connectivity index (χ3v) is 4.83. The number of amides is 1. The van der Waals surface area contributed by atoms with Gasteiger partial charge in [-0.05, 0) is 35.9 Å². The lowest BCUT2D eigenvalue weighted by molar-refractivity contribution is -0.130.